The molecule has 3 nitrogen and oxygen atoms in total. The lowest BCUT2D eigenvalue weighted by Crippen LogP contribution is -2.39. The van der Waals surface area contributed by atoms with Gasteiger partial charge in [-0.2, -0.15) is 0 Å². The molecule has 1 fully saturated rings. The molecule has 0 amide bonds. The summed E-state index contributed by atoms with van der Waals surface area (Å²) in [5, 5.41) is 7.27. The van der Waals surface area contributed by atoms with Gasteiger partial charge in [0.15, 0.2) is 5.11 Å². The van der Waals surface area contributed by atoms with E-state index < -0.39 is 0 Å². The van der Waals surface area contributed by atoms with Crippen molar-refractivity contribution in [3.8, 4) is 0 Å². The van der Waals surface area contributed by atoms with E-state index >= 15 is 0 Å². The minimum atomic E-state index is 0.718. The molecule has 122 valence electrons. The van der Waals surface area contributed by atoms with Gasteiger partial charge >= 0.3 is 0 Å². The Bertz CT molecular complexity index is 458. The first-order valence-corrected chi connectivity index (χ1v) is 8.97. The monoisotopic (exact) mass is 319 g/mol. The second-order valence-corrected chi connectivity index (χ2v) is 6.57. The normalized spacial score (nSPS) is 18.9. The van der Waals surface area contributed by atoms with Gasteiger partial charge in [0.05, 0.1) is 0 Å². The molecular weight excluding hydrogens is 290 g/mol. The Morgan fingerprint density at radius 1 is 1.27 bits per heavy atom. The van der Waals surface area contributed by atoms with Gasteiger partial charge in [-0.05, 0) is 69.1 Å². The van der Waals surface area contributed by atoms with Crippen LogP contribution in [0.4, 0.5) is 5.69 Å². The second-order valence-electron chi connectivity index (χ2n) is 6.17. The van der Waals surface area contributed by atoms with E-state index in [1.54, 1.807) is 0 Å². The third-order valence-corrected chi connectivity index (χ3v) is 4.71. The van der Waals surface area contributed by atoms with Crippen LogP contribution in [0, 0.1) is 0 Å². The first kappa shape index (κ1) is 17.2. The van der Waals surface area contributed by atoms with Crippen molar-refractivity contribution >= 4 is 23.0 Å². The Morgan fingerprint density at radius 2 is 2.05 bits per heavy atom. The predicted molar refractivity (Wildman–Crippen MR) is 99.5 cm³/mol. The molecule has 1 saturated heterocycles. The molecule has 1 atom stereocenters. The number of thiocarbonyl (C=S) groups is 1. The molecule has 0 aromatic heterocycles. The molecule has 2 N–H and O–H groups in total. The molecule has 0 unspecified atom stereocenters. The van der Waals surface area contributed by atoms with Crippen LogP contribution in [0.2, 0.25) is 0 Å². The van der Waals surface area contributed by atoms with Gasteiger partial charge in [-0.15, -0.1) is 0 Å². The predicted octanol–water partition coefficient (Wildman–Crippen LogP) is 3.80. The van der Waals surface area contributed by atoms with Crippen molar-refractivity contribution < 1.29 is 0 Å². The van der Waals surface area contributed by atoms with Gasteiger partial charge in [0.1, 0.15) is 0 Å². The zero-order valence-electron chi connectivity index (χ0n) is 13.9. The minimum Gasteiger partial charge on any atom is -0.362 e. The van der Waals surface area contributed by atoms with Crippen LogP contribution in [0.1, 0.15) is 45.1 Å². The van der Waals surface area contributed by atoms with E-state index in [0.29, 0.717) is 0 Å². The molecule has 1 aromatic carbocycles. The maximum atomic E-state index is 5.35. The lowest BCUT2D eigenvalue weighted by Gasteiger charge is -2.33. The Morgan fingerprint density at radius 3 is 2.73 bits per heavy atom. The fourth-order valence-electron chi connectivity index (χ4n) is 2.97. The summed E-state index contributed by atoms with van der Waals surface area (Å²) in [5.41, 5.74) is 2.40. The molecule has 2 rings (SSSR count). The van der Waals surface area contributed by atoms with E-state index in [4.69, 9.17) is 12.2 Å². The number of nitrogens with one attached hydrogen (secondary N) is 2. The summed E-state index contributed by atoms with van der Waals surface area (Å²) in [6.07, 6.45) is 6.30. The number of likely N-dealkylation sites (tertiary alicyclic amines) is 1. The summed E-state index contributed by atoms with van der Waals surface area (Å²) in [5.74, 6) is 0. The van der Waals surface area contributed by atoms with Crippen molar-refractivity contribution in [2.24, 2.45) is 0 Å². The molecule has 0 saturated carbocycles. The molecule has 0 spiro atoms. The molecule has 1 heterocycles. The van der Waals surface area contributed by atoms with Crippen LogP contribution in [-0.2, 0) is 6.42 Å². The average molecular weight is 320 g/mol. The maximum Gasteiger partial charge on any atom is 0.170 e. The smallest absolute Gasteiger partial charge is 0.170 e. The topological polar surface area (TPSA) is 27.3 Å². The average Bonchev–Trinajstić information content (AvgIpc) is 2.54. The number of nitrogens with zero attached hydrogens (tertiary/aromatic N) is 1. The van der Waals surface area contributed by atoms with E-state index in [-0.39, 0.29) is 0 Å². The van der Waals surface area contributed by atoms with E-state index in [2.05, 4.69) is 53.6 Å². The van der Waals surface area contributed by atoms with Crippen molar-refractivity contribution in [2.45, 2.75) is 52.0 Å². The lowest BCUT2D eigenvalue weighted by molar-refractivity contribution is 0.159. The molecule has 1 aliphatic rings. The molecular formula is C18H29N3S. The van der Waals surface area contributed by atoms with Crippen molar-refractivity contribution in [1.82, 2.24) is 10.2 Å². The van der Waals surface area contributed by atoms with Crippen molar-refractivity contribution in [3.05, 3.63) is 29.8 Å². The number of rotatable bonds is 6. The Hall–Kier alpha value is -1.13. The highest BCUT2D eigenvalue weighted by Crippen LogP contribution is 2.16. The van der Waals surface area contributed by atoms with Crippen molar-refractivity contribution in [1.29, 1.82) is 0 Å². The Balaban J connectivity index is 1.62. The largest absolute Gasteiger partial charge is 0.362 e. The summed E-state index contributed by atoms with van der Waals surface area (Å²) in [4.78, 5) is 2.60. The van der Waals surface area contributed by atoms with Gasteiger partial charge < -0.3 is 15.5 Å². The van der Waals surface area contributed by atoms with Gasteiger partial charge in [0.25, 0.3) is 0 Å². The minimum absolute atomic E-state index is 0.718. The maximum absolute atomic E-state index is 5.35. The van der Waals surface area contributed by atoms with E-state index in [0.717, 1.165) is 36.2 Å². The van der Waals surface area contributed by atoms with Crippen LogP contribution in [0.25, 0.3) is 0 Å². The van der Waals surface area contributed by atoms with Crippen LogP contribution >= 0.6 is 12.2 Å². The second kappa shape index (κ2) is 9.11. The standard InChI is InChI=1S/C18H29N3S/c1-3-16-8-10-17(11-9-16)20-18(22)19-12-6-14-21-13-5-4-7-15(21)2/h8-11,15H,3-7,12-14H2,1-2H3,(H2,19,20,22)/t15-/m0/s1. The highest BCUT2D eigenvalue weighted by molar-refractivity contribution is 7.80. The summed E-state index contributed by atoms with van der Waals surface area (Å²) in [6, 6.07) is 9.20. The van der Waals surface area contributed by atoms with Gasteiger partial charge in [-0.1, -0.05) is 25.5 Å². The van der Waals surface area contributed by atoms with E-state index in [1.807, 2.05) is 0 Å². The summed E-state index contributed by atoms with van der Waals surface area (Å²) in [6.45, 7) is 7.87. The van der Waals surface area contributed by atoms with E-state index in [1.165, 1.54) is 37.9 Å². The quantitative estimate of drug-likeness (QED) is 0.616. The summed E-state index contributed by atoms with van der Waals surface area (Å²) in [7, 11) is 0. The third-order valence-electron chi connectivity index (χ3n) is 4.47. The zero-order chi connectivity index (χ0) is 15.8. The first-order chi connectivity index (χ1) is 10.7. The molecule has 4 heteroatoms. The third kappa shape index (κ3) is 5.58. The van der Waals surface area contributed by atoms with Crippen molar-refractivity contribution in [2.75, 3.05) is 25.0 Å². The number of benzene rings is 1. The molecule has 1 aromatic rings. The first-order valence-electron chi connectivity index (χ1n) is 8.57. The number of hydrogen-bond donors (Lipinski definition) is 2. The van der Waals surface area contributed by atoms with Crippen molar-refractivity contribution in [3.63, 3.8) is 0 Å². The Kier molecular flexibility index (Phi) is 7.13. The van der Waals surface area contributed by atoms with Gasteiger partial charge in [-0.3, -0.25) is 0 Å². The van der Waals surface area contributed by atoms with Gasteiger partial charge in [0.2, 0.25) is 0 Å². The highest BCUT2D eigenvalue weighted by atomic mass is 32.1. The summed E-state index contributed by atoms with van der Waals surface area (Å²) >= 11 is 5.35. The molecule has 0 bridgehead atoms. The zero-order valence-corrected chi connectivity index (χ0v) is 14.7. The number of piperidine rings is 1. The molecule has 1 aliphatic heterocycles. The van der Waals surface area contributed by atoms with Gasteiger partial charge in [-0.25, -0.2) is 0 Å². The van der Waals surface area contributed by atoms with E-state index in [9.17, 15) is 0 Å². The van der Waals surface area contributed by atoms with Crippen LogP contribution in [0.3, 0.4) is 0 Å². The highest BCUT2D eigenvalue weighted by Gasteiger charge is 2.16. The van der Waals surface area contributed by atoms with Gasteiger partial charge in [0, 0.05) is 24.8 Å². The number of aryl methyl sites for hydroxylation is 1. The fourth-order valence-corrected chi connectivity index (χ4v) is 3.19. The van der Waals surface area contributed by atoms with Crippen LogP contribution < -0.4 is 10.6 Å². The number of anilines is 1. The summed E-state index contributed by atoms with van der Waals surface area (Å²) < 4.78 is 0. The van der Waals surface area contributed by atoms with Crippen LogP contribution in [-0.4, -0.2) is 35.7 Å². The Labute approximate surface area is 140 Å². The molecule has 0 radical (unpaired) electrons. The molecule has 0 aliphatic carbocycles. The number of hydrogen-bond acceptors (Lipinski definition) is 2. The lowest BCUT2D eigenvalue weighted by atomic mass is 10.0. The fraction of sp³-hybridized carbons (Fsp3) is 0.611. The SMILES string of the molecule is CCc1ccc(NC(=S)NCCCN2CCCC[C@@H]2C)cc1. The van der Waals surface area contributed by atoms with Crippen LogP contribution in [0.15, 0.2) is 24.3 Å². The molecule has 22 heavy (non-hydrogen) atoms. The van der Waals surface area contributed by atoms with Crippen LogP contribution in [0.5, 0.6) is 0 Å².